The van der Waals surface area contributed by atoms with Crippen LogP contribution in [-0.4, -0.2) is 44.9 Å². The summed E-state index contributed by atoms with van der Waals surface area (Å²) in [6.45, 7) is 1.77. The smallest absolute Gasteiger partial charge is 0.356 e. The molecule has 0 aliphatic carbocycles. The van der Waals surface area contributed by atoms with E-state index in [1.807, 2.05) is 30.3 Å². The van der Waals surface area contributed by atoms with Gasteiger partial charge in [0.15, 0.2) is 0 Å². The van der Waals surface area contributed by atoms with Crippen molar-refractivity contribution in [1.82, 2.24) is 10.2 Å². The van der Waals surface area contributed by atoms with E-state index in [9.17, 15) is 29.6 Å². The van der Waals surface area contributed by atoms with Crippen LogP contribution >= 0.6 is 11.8 Å². The molecule has 0 saturated carbocycles. The Hall–Kier alpha value is -3.96. The van der Waals surface area contributed by atoms with Crippen LogP contribution in [0.25, 0.3) is 0 Å². The van der Waals surface area contributed by atoms with E-state index in [4.69, 9.17) is 4.74 Å². The Balaban J connectivity index is 1.42. The van der Waals surface area contributed by atoms with Crippen LogP contribution < -0.4 is 5.32 Å². The van der Waals surface area contributed by atoms with Crippen molar-refractivity contribution in [1.29, 1.82) is 0 Å². The van der Waals surface area contributed by atoms with Gasteiger partial charge in [0, 0.05) is 36.1 Å². The Morgan fingerprint density at radius 3 is 2.57 bits per heavy atom. The van der Waals surface area contributed by atoms with Crippen LogP contribution in [0, 0.1) is 16.0 Å². The van der Waals surface area contributed by atoms with Gasteiger partial charge < -0.3 is 20.1 Å². The number of nitro groups is 1. The van der Waals surface area contributed by atoms with Crippen LogP contribution in [-0.2, 0) is 32.3 Å². The molecular formula is C26H25N3O7S. The number of nitrogens with one attached hydrogen (secondary N) is 1. The number of nitro benzene ring substituents is 1. The first kappa shape index (κ1) is 26.1. The summed E-state index contributed by atoms with van der Waals surface area (Å²) < 4.78 is 5.41. The summed E-state index contributed by atoms with van der Waals surface area (Å²) in [5, 5.41) is 25.2. The summed E-state index contributed by atoms with van der Waals surface area (Å²) in [7, 11) is 0. The van der Waals surface area contributed by atoms with E-state index in [2.05, 4.69) is 5.32 Å². The van der Waals surface area contributed by atoms with Crippen molar-refractivity contribution in [3.8, 4) is 0 Å². The molecule has 2 heterocycles. The van der Waals surface area contributed by atoms with Gasteiger partial charge in [-0.25, -0.2) is 4.79 Å². The zero-order valence-corrected chi connectivity index (χ0v) is 20.7. The number of thioether (sulfide) groups is 1. The Morgan fingerprint density at radius 1 is 1.22 bits per heavy atom. The van der Waals surface area contributed by atoms with Gasteiger partial charge in [-0.15, -0.1) is 0 Å². The van der Waals surface area contributed by atoms with E-state index in [1.54, 1.807) is 5.41 Å². The van der Waals surface area contributed by atoms with Crippen LogP contribution in [0.1, 0.15) is 24.5 Å². The topological polar surface area (TPSA) is 139 Å². The summed E-state index contributed by atoms with van der Waals surface area (Å²) in [5.74, 6) is -2.00. The summed E-state index contributed by atoms with van der Waals surface area (Å²) in [6, 6.07) is 14.7. The lowest BCUT2D eigenvalue weighted by atomic mass is 9.83. The van der Waals surface area contributed by atoms with Crippen LogP contribution in [0.4, 0.5) is 5.69 Å². The number of aliphatic hydroxyl groups is 1. The molecule has 0 spiro atoms. The molecule has 2 aromatic rings. The fourth-order valence-corrected chi connectivity index (χ4v) is 5.20. The molecule has 3 atom stereocenters. The number of hydrogen-bond donors (Lipinski definition) is 2. The molecule has 192 valence electrons. The monoisotopic (exact) mass is 523 g/mol. The predicted molar refractivity (Wildman–Crippen MR) is 135 cm³/mol. The van der Waals surface area contributed by atoms with Gasteiger partial charge in [-0.1, -0.05) is 42.1 Å². The molecule has 0 aromatic heterocycles. The first-order valence-corrected chi connectivity index (χ1v) is 12.4. The summed E-state index contributed by atoms with van der Waals surface area (Å²) in [4.78, 5) is 50.1. The number of carbonyl (C=O) groups is 3. The number of nitrogens with zero attached hydrogens (tertiary/aromatic N) is 2. The lowest BCUT2D eigenvalue weighted by Crippen LogP contribution is -2.61. The number of amides is 2. The minimum absolute atomic E-state index is 0.0787. The minimum Gasteiger partial charge on any atom is -0.456 e. The fourth-order valence-electron chi connectivity index (χ4n) is 4.28. The van der Waals surface area contributed by atoms with Gasteiger partial charge in [0.1, 0.15) is 12.3 Å². The molecule has 2 N–H and O–H groups in total. The van der Waals surface area contributed by atoms with Gasteiger partial charge in [-0.3, -0.25) is 19.7 Å². The number of β-lactam (4-membered cyclic amide) rings is 1. The Bertz CT molecular complexity index is 1260. The second kappa shape index (κ2) is 11.4. The fraction of sp³-hybridized carbons (Fsp3) is 0.269. The molecule has 10 nitrogen and oxygen atoms in total. The van der Waals surface area contributed by atoms with E-state index in [0.717, 1.165) is 17.3 Å². The van der Waals surface area contributed by atoms with Crippen LogP contribution in [0.5, 0.6) is 0 Å². The number of esters is 1. The molecule has 1 saturated heterocycles. The molecule has 2 amide bonds. The van der Waals surface area contributed by atoms with E-state index >= 15 is 0 Å². The van der Waals surface area contributed by atoms with Gasteiger partial charge in [-0.2, -0.15) is 0 Å². The Kier molecular flexibility index (Phi) is 8.04. The molecule has 4 rings (SSSR count). The largest absolute Gasteiger partial charge is 0.456 e. The van der Waals surface area contributed by atoms with E-state index in [1.165, 1.54) is 42.2 Å². The number of non-ortho nitro benzene ring substituents is 1. The standard InChI is InChI=1S/C26H25N3O7S/c1-16(30)23-20-13-21(37-12-11-22(31)27-14-17-5-3-2-4-6-17)24(28(20)25(23)32)26(33)36-15-18-7-9-19(10-8-18)29(34)35/h2-12,16,20,23,30H,13-15H2,1H3,(H,27,31)/t16-,20+,23-/m0/s1. The lowest BCUT2D eigenvalue weighted by molar-refractivity contribution is -0.384. The summed E-state index contributed by atoms with van der Waals surface area (Å²) in [6.07, 6.45) is 0.836. The van der Waals surface area contributed by atoms with E-state index < -0.39 is 22.9 Å². The highest BCUT2D eigenvalue weighted by Gasteiger charge is 2.56. The summed E-state index contributed by atoms with van der Waals surface area (Å²) in [5.41, 5.74) is 1.52. The average Bonchev–Trinajstić information content (AvgIpc) is 3.20. The SMILES string of the molecule is C[C@H](O)[C@@H]1C(=O)N2C(C(=O)OCc3ccc([N+](=O)[O-])cc3)=C(SC=CC(=O)NCc3ccccc3)C[C@H]12. The zero-order valence-electron chi connectivity index (χ0n) is 19.9. The second-order valence-electron chi connectivity index (χ2n) is 8.64. The third kappa shape index (κ3) is 5.89. The lowest BCUT2D eigenvalue weighted by Gasteiger charge is -2.44. The highest BCUT2D eigenvalue weighted by molar-refractivity contribution is 8.05. The molecule has 0 bridgehead atoms. The maximum Gasteiger partial charge on any atom is 0.356 e. The molecule has 1 fully saturated rings. The van der Waals surface area contributed by atoms with E-state index in [-0.39, 0.29) is 35.8 Å². The number of carbonyl (C=O) groups excluding carboxylic acids is 3. The zero-order chi connectivity index (χ0) is 26.5. The molecule has 2 aromatic carbocycles. The number of fused-ring (bicyclic) bond motifs is 1. The van der Waals surface area contributed by atoms with Crippen molar-refractivity contribution in [2.75, 3.05) is 0 Å². The van der Waals surface area contributed by atoms with Crippen LogP contribution in [0.3, 0.4) is 0 Å². The van der Waals surface area contributed by atoms with Gasteiger partial charge in [0.05, 0.1) is 23.0 Å². The van der Waals surface area contributed by atoms with Crippen molar-refractivity contribution >= 4 is 35.2 Å². The quantitative estimate of drug-likeness (QED) is 0.159. The maximum absolute atomic E-state index is 13.0. The van der Waals surface area contributed by atoms with Gasteiger partial charge in [0.25, 0.3) is 5.69 Å². The Morgan fingerprint density at radius 2 is 1.92 bits per heavy atom. The normalized spacial score (nSPS) is 19.4. The third-order valence-electron chi connectivity index (χ3n) is 6.14. The van der Waals surface area contributed by atoms with Crippen molar-refractivity contribution in [2.45, 2.75) is 38.6 Å². The summed E-state index contributed by atoms with van der Waals surface area (Å²) >= 11 is 1.15. The predicted octanol–water partition coefficient (Wildman–Crippen LogP) is 3.02. The molecule has 11 heteroatoms. The molecule has 0 unspecified atom stereocenters. The van der Waals surface area contributed by atoms with Gasteiger partial charge in [-0.05, 0) is 35.6 Å². The van der Waals surface area contributed by atoms with Crippen molar-refractivity contribution in [3.05, 3.63) is 97.9 Å². The molecule has 2 aliphatic rings. The first-order valence-electron chi connectivity index (χ1n) is 11.6. The van der Waals surface area contributed by atoms with Gasteiger partial charge in [0.2, 0.25) is 11.8 Å². The minimum atomic E-state index is -0.866. The molecule has 37 heavy (non-hydrogen) atoms. The van der Waals surface area contributed by atoms with Crippen LogP contribution in [0.2, 0.25) is 0 Å². The second-order valence-corrected chi connectivity index (χ2v) is 9.64. The van der Waals surface area contributed by atoms with Crippen LogP contribution in [0.15, 0.2) is 76.7 Å². The molecule has 0 radical (unpaired) electrons. The Labute approximate surface area is 217 Å². The van der Waals surface area contributed by atoms with Crippen molar-refractivity contribution in [2.24, 2.45) is 5.92 Å². The molecule has 2 aliphatic heterocycles. The first-order chi connectivity index (χ1) is 17.8. The maximum atomic E-state index is 13.0. The van der Waals surface area contributed by atoms with Gasteiger partial charge >= 0.3 is 5.97 Å². The van der Waals surface area contributed by atoms with Crippen molar-refractivity contribution in [3.63, 3.8) is 0 Å². The number of aliphatic hydroxyl groups excluding tert-OH is 1. The van der Waals surface area contributed by atoms with Crippen molar-refractivity contribution < 1.29 is 29.2 Å². The molecular weight excluding hydrogens is 498 g/mol. The average molecular weight is 524 g/mol. The number of benzene rings is 2. The highest BCUT2D eigenvalue weighted by atomic mass is 32.2. The number of ether oxygens (including phenoxy) is 1. The number of hydrogen-bond acceptors (Lipinski definition) is 8. The van der Waals surface area contributed by atoms with E-state index in [0.29, 0.717) is 23.4 Å². The highest BCUT2D eigenvalue weighted by Crippen LogP contribution is 2.47. The number of rotatable bonds is 10. The third-order valence-corrected chi connectivity index (χ3v) is 7.05.